The van der Waals surface area contributed by atoms with Crippen LogP contribution in [0.3, 0.4) is 0 Å². The summed E-state index contributed by atoms with van der Waals surface area (Å²) in [6, 6.07) is 1.61. The zero-order chi connectivity index (χ0) is 19.0. The Hall–Kier alpha value is -3.70. The van der Waals surface area contributed by atoms with Crippen LogP contribution in [0.4, 0.5) is 13.2 Å². The van der Waals surface area contributed by atoms with Crippen LogP contribution in [-0.4, -0.2) is 41.4 Å². The Labute approximate surface area is 148 Å². The Morgan fingerprint density at radius 3 is 2.56 bits per heavy atom. The van der Waals surface area contributed by atoms with Crippen LogP contribution in [0.2, 0.25) is 0 Å². The van der Waals surface area contributed by atoms with E-state index in [4.69, 9.17) is 9.47 Å². The Bertz CT molecular complexity index is 1090. The number of nitrogens with one attached hydrogen (secondary N) is 1. The Kier molecular flexibility index (Phi) is 3.86. The molecule has 4 aromatic rings. The fraction of sp³-hybridized carbons (Fsp3) is 0.133. The third-order valence-corrected chi connectivity index (χ3v) is 3.48. The number of halogens is 3. The van der Waals surface area contributed by atoms with E-state index in [-0.39, 0.29) is 34.9 Å². The van der Waals surface area contributed by atoms with E-state index in [0.717, 1.165) is 0 Å². The lowest BCUT2D eigenvalue weighted by molar-refractivity contribution is -0.140. The van der Waals surface area contributed by atoms with Crippen molar-refractivity contribution in [3.8, 4) is 29.2 Å². The van der Waals surface area contributed by atoms with Crippen molar-refractivity contribution in [2.75, 3.05) is 7.11 Å². The average Bonchev–Trinajstić information content (AvgIpc) is 3.26. The highest BCUT2D eigenvalue weighted by atomic mass is 19.4. The van der Waals surface area contributed by atoms with Gasteiger partial charge in [0.25, 0.3) is 6.01 Å². The first-order valence-corrected chi connectivity index (χ1v) is 7.45. The summed E-state index contributed by atoms with van der Waals surface area (Å²) >= 11 is 0. The molecule has 0 amide bonds. The standard InChI is InChI=1S/C15H10F3N7O2/c1-26-13-20-5-8(6-21-13)27-14-22-7-9(23-14)10-11(15(16,17)18)24-12-19-3-2-4-25(10)12/h2-7H,1H3,(H,22,23). The van der Waals surface area contributed by atoms with Crippen LogP contribution in [0.1, 0.15) is 5.69 Å². The van der Waals surface area contributed by atoms with Crippen LogP contribution in [0.5, 0.6) is 17.8 Å². The fourth-order valence-corrected chi connectivity index (χ4v) is 2.39. The van der Waals surface area contributed by atoms with Gasteiger partial charge in [-0.2, -0.15) is 23.1 Å². The molecule has 0 aliphatic heterocycles. The first-order valence-electron chi connectivity index (χ1n) is 7.45. The smallest absolute Gasteiger partial charge is 0.435 e. The van der Waals surface area contributed by atoms with Gasteiger partial charge in [-0.3, -0.25) is 4.40 Å². The molecular formula is C15H10F3N7O2. The summed E-state index contributed by atoms with van der Waals surface area (Å²) < 4.78 is 51.7. The average molecular weight is 377 g/mol. The lowest BCUT2D eigenvalue weighted by atomic mass is 10.2. The van der Waals surface area contributed by atoms with Gasteiger partial charge in [0.05, 0.1) is 31.4 Å². The van der Waals surface area contributed by atoms with Crippen molar-refractivity contribution in [3.63, 3.8) is 0 Å². The number of alkyl halides is 3. The molecule has 0 saturated carbocycles. The Balaban J connectivity index is 1.72. The number of ether oxygens (including phenoxy) is 2. The maximum Gasteiger partial charge on any atom is 0.435 e. The summed E-state index contributed by atoms with van der Waals surface area (Å²) in [7, 11) is 1.41. The van der Waals surface area contributed by atoms with Crippen molar-refractivity contribution >= 4 is 5.78 Å². The van der Waals surface area contributed by atoms with Gasteiger partial charge in [0.1, 0.15) is 5.69 Å². The molecular weight excluding hydrogens is 367 g/mol. The first-order chi connectivity index (χ1) is 13.0. The number of imidazole rings is 2. The molecule has 0 fully saturated rings. The van der Waals surface area contributed by atoms with E-state index in [0.29, 0.717) is 0 Å². The van der Waals surface area contributed by atoms with E-state index in [1.165, 1.54) is 48.6 Å². The highest BCUT2D eigenvalue weighted by molar-refractivity contribution is 5.63. The maximum atomic E-state index is 13.4. The second-order valence-corrected chi connectivity index (χ2v) is 5.21. The molecule has 1 N–H and O–H groups in total. The minimum absolute atomic E-state index is 0.0364. The van der Waals surface area contributed by atoms with Gasteiger partial charge in [0.2, 0.25) is 5.78 Å². The number of aromatic amines is 1. The molecule has 0 unspecified atom stereocenters. The zero-order valence-corrected chi connectivity index (χ0v) is 13.6. The third-order valence-electron chi connectivity index (χ3n) is 3.48. The number of aromatic nitrogens is 7. The van der Waals surface area contributed by atoms with Crippen LogP contribution in [0.25, 0.3) is 17.2 Å². The number of rotatable bonds is 4. The van der Waals surface area contributed by atoms with Crippen LogP contribution in [-0.2, 0) is 6.18 Å². The lowest BCUT2D eigenvalue weighted by Gasteiger charge is -2.06. The largest absolute Gasteiger partial charge is 0.467 e. The van der Waals surface area contributed by atoms with Gasteiger partial charge in [-0.05, 0) is 6.07 Å². The number of H-pyrrole nitrogens is 1. The molecule has 4 rings (SSSR count). The van der Waals surface area contributed by atoms with Gasteiger partial charge in [0.15, 0.2) is 11.4 Å². The first kappa shape index (κ1) is 16.8. The summed E-state index contributed by atoms with van der Waals surface area (Å²) in [5.74, 6) is 0.146. The van der Waals surface area contributed by atoms with Crippen molar-refractivity contribution in [1.82, 2.24) is 34.3 Å². The van der Waals surface area contributed by atoms with Gasteiger partial charge >= 0.3 is 12.2 Å². The van der Waals surface area contributed by atoms with Crippen molar-refractivity contribution in [2.24, 2.45) is 0 Å². The molecule has 0 aliphatic rings. The molecule has 9 nitrogen and oxygen atoms in total. The second-order valence-electron chi connectivity index (χ2n) is 5.21. The van der Waals surface area contributed by atoms with E-state index in [2.05, 4.69) is 29.9 Å². The molecule has 0 bridgehead atoms. The topological polar surface area (TPSA) is 103 Å². The number of fused-ring (bicyclic) bond motifs is 1. The minimum Gasteiger partial charge on any atom is -0.467 e. The summed E-state index contributed by atoms with van der Waals surface area (Å²) in [4.78, 5) is 21.8. The minimum atomic E-state index is -4.67. The van der Waals surface area contributed by atoms with Crippen LogP contribution in [0.15, 0.2) is 37.1 Å². The quantitative estimate of drug-likeness (QED) is 0.583. The monoisotopic (exact) mass is 377 g/mol. The molecule has 0 saturated heterocycles. The summed E-state index contributed by atoms with van der Waals surface area (Å²) in [6.45, 7) is 0. The number of hydrogen-bond acceptors (Lipinski definition) is 7. The highest BCUT2D eigenvalue weighted by Crippen LogP contribution is 2.36. The molecule has 0 spiro atoms. The number of methoxy groups -OCH3 is 1. The molecule has 0 atom stereocenters. The molecule has 4 aromatic heterocycles. The van der Waals surface area contributed by atoms with E-state index in [9.17, 15) is 13.2 Å². The predicted molar refractivity (Wildman–Crippen MR) is 84.2 cm³/mol. The number of nitrogens with zero attached hydrogens (tertiary/aromatic N) is 6. The maximum absolute atomic E-state index is 13.4. The molecule has 0 aliphatic carbocycles. The van der Waals surface area contributed by atoms with Crippen LogP contribution >= 0.6 is 0 Å². The normalized spacial score (nSPS) is 11.7. The SMILES string of the molecule is COc1ncc(Oc2ncc(-c3c(C(F)(F)F)nc4ncccn34)[nH]2)cn1. The molecule has 27 heavy (non-hydrogen) atoms. The predicted octanol–water partition coefficient (Wildman–Crippen LogP) is 2.73. The number of hydrogen-bond donors (Lipinski definition) is 1. The van der Waals surface area contributed by atoms with E-state index in [1.807, 2.05) is 0 Å². The molecule has 12 heteroatoms. The van der Waals surface area contributed by atoms with Crippen molar-refractivity contribution < 1.29 is 22.6 Å². The van der Waals surface area contributed by atoms with Crippen molar-refractivity contribution in [2.45, 2.75) is 6.18 Å². The third kappa shape index (κ3) is 3.12. The molecule has 4 heterocycles. The fourth-order valence-electron chi connectivity index (χ4n) is 2.39. The summed E-state index contributed by atoms with van der Waals surface area (Å²) in [5.41, 5.74) is -1.24. The van der Waals surface area contributed by atoms with Crippen molar-refractivity contribution in [3.05, 3.63) is 42.7 Å². The van der Waals surface area contributed by atoms with Gasteiger partial charge in [0, 0.05) is 12.4 Å². The lowest BCUT2D eigenvalue weighted by Crippen LogP contribution is -2.07. The van der Waals surface area contributed by atoms with E-state index >= 15 is 0 Å². The molecule has 0 radical (unpaired) electrons. The van der Waals surface area contributed by atoms with E-state index in [1.54, 1.807) is 0 Å². The zero-order valence-electron chi connectivity index (χ0n) is 13.6. The van der Waals surface area contributed by atoms with Gasteiger partial charge < -0.3 is 14.5 Å². The Morgan fingerprint density at radius 2 is 1.85 bits per heavy atom. The summed E-state index contributed by atoms with van der Waals surface area (Å²) in [6.07, 6.45) is 2.01. The Morgan fingerprint density at radius 1 is 1.07 bits per heavy atom. The van der Waals surface area contributed by atoms with Crippen LogP contribution < -0.4 is 9.47 Å². The highest BCUT2D eigenvalue weighted by Gasteiger charge is 2.39. The van der Waals surface area contributed by atoms with Crippen molar-refractivity contribution in [1.29, 1.82) is 0 Å². The molecule has 138 valence electrons. The van der Waals surface area contributed by atoms with Gasteiger partial charge in [-0.1, -0.05) is 0 Å². The van der Waals surface area contributed by atoms with Gasteiger partial charge in [-0.15, -0.1) is 0 Å². The van der Waals surface area contributed by atoms with Crippen LogP contribution in [0, 0.1) is 0 Å². The summed E-state index contributed by atoms with van der Waals surface area (Å²) in [5, 5.41) is 0. The molecule has 0 aromatic carbocycles. The second kappa shape index (κ2) is 6.23. The van der Waals surface area contributed by atoms with Gasteiger partial charge in [-0.25, -0.2) is 15.0 Å². The van der Waals surface area contributed by atoms with E-state index < -0.39 is 11.9 Å².